The van der Waals surface area contributed by atoms with Gasteiger partial charge in [-0.1, -0.05) is 18.2 Å². The summed E-state index contributed by atoms with van der Waals surface area (Å²) in [6, 6.07) is 11.8. The predicted octanol–water partition coefficient (Wildman–Crippen LogP) is 3.45. The van der Waals surface area contributed by atoms with Crippen molar-refractivity contribution >= 4 is 0 Å². The van der Waals surface area contributed by atoms with Crippen molar-refractivity contribution in [3.63, 3.8) is 0 Å². The molecule has 4 heteroatoms. The van der Waals surface area contributed by atoms with E-state index in [1.54, 1.807) is 25.5 Å². The minimum Gasteiger partial charge on any atom is -0.496 e. The van der Waals surface area contributed by atoms with Crippen LogP contribution in [0.4, 0.5) is 0 Å². The monoisotopic (exact) mass is 289 g/mol. The average molecular weight is 289 g/mol. The van der Waals surface area contributed by atoms with E-state index in [-0.39, 0.29) is 12.1 Å². The Morgan fingerprint density at radius 1 is 1.19 bits per heavy atom. The standard InChI is InChI=1S/C17H23NO3/c1-12(11-15(19)17-9-6-10-21-17)18-13(2)14-7-4-5-8-16(14)20-3/h4-10,12-13,15,18-19H,11H2,1-3H3. The molecule has 1 heterocycles. The highest BCUT2D eigenvalue weighted by Crippen LogP contribution is 2.26. The normalized spacial score (nSPS) is 15.4. The zero-order chi connectivity index (χ0) is 15.2. The highest BCUT2D eigenvalue weighted by molar-refractivity contribution is 5.35. The number of methoxy groups -OCH3 is 1. The Kier molecular flexibility index (Phi) is 5.42. The van der Waals surface area contributed by atoms with Crippen molar-refractivity contribution in [1.29, 1.82) is 0 Å². The van der Waals surface area contributed by atoms with Crippen LogP contribution < -0.4 is 10.1 Å². The summed E-state index contributed by atoms with van der Waals surface area (Å²) in [5.74, 6) is 1.48. The molecule has 2 aromatic rings. The van der Waals surface area contributed by atoms with Gasteiger partial charge in [-0.05, 0) is 38.5 Å². The molecular formula is C17H23NO3. The lowest BCUT2D eigenvalue weighted by Crippen LogP contribution is -2.30. The van der Waals surface area contributed by atoms with E-state index in [2.05, 4.69) is 19.2 Å². The number of para-hydroxylation sites is 1. The molecule has 0 radical (unpaired) electrons. The number of rotatable bonds is 7. The Morgan fingerprint density at radius 2 is 1.95 bits per heavy atom. The minimum atomic E-state index is -0.590. The Bertz CT molecular complexity index is 539. The first-order valence-corrected chi connectivity index (χ1v) is 7.22. The molecular weight excluding hydrogens is 266 g/mol. The number of aliphatic hydroxyl groups excluding tert-OH is 1. The van der Waals surface area contributed by atoms with Crippen molar-refractivity contribution in [3.05, 3.63) is 54.0 Å². The van der Waals surface area contributed by atoms with Crippen LogP contribution in [0.3, 0.4) is 0 Å². The maximum Gasteiger partial charge on any atom is 0.132 e. The number of furan rings is 1. The fraction of sp³-hybridized carbons (Fsp3) is 0.412. The second kappa shape index (κ2) is 7.29. The predicted molar refractivity (Wildman–Crippen MR) is 82.3 cm³/mol. The minimum absolute atomic E-state index is 0.139. The van der Waals surface area contributed by atoms with Gasteiger partial charge in [-0.15, -0.1) is 0 Å². The lowest BCUT2D eigenvalue weighted by molar-refractivity contribution is 0.127. The van der Waals surface area contributed by atoms with E-state index in [1.807, 2.05) is 24.3 Å². The third-order valence-corrected chi connectivity index (χ3v) is 3.59. The summed E-state index contributed by atoms with van der Waals surface area (Å²) in [5.41, 5.74) is 1.11. The number of benzene rings is 1. The topological polar surface area (TPSA) is 54.6 Å². The second-order valence-corrected chi connectivity index (χ2v) is 5.30. The first-order chi connectivity index (χ1) is 10.1. The molecule has 0 saturated heterocycles. The summed E-state index contributed by atoms with van der Waals surface area (Å²) in [4.78, 5) is 0. The van der Waals surface area contributed by atoms with E-state index in [0.717, 1.165) is 11.3 Å². The molecule has 3 atom stereocenters. The highest BCUT2D eigenvalue weighted by atomic mass is 16.5. The molecule has 1 aromatic heterocycles. The van der Waals surface area contributed by atoms with Gasteiger partial charge in [0.15, 0.2) is 0 Å². The Labute approximate surface area is 125 Å². The summed E-state index contributed by atoms with van der Waals surface area (Å²) >= 11 is 0. The van der Waals surface area contributed by atoms with Gasteiger partial charge in [-0.3, -0.25) is 0 Å². The number of nitrogens with one attached hydrogen (secondary N) is 1. The first kappa shape index (κ1) is 15.6. The van der Waals surface area contributed by atoms with Crippen molar-refractivity contribution in [2.75, 3.05) is 7.11 Å². The van der Waals surface area contributed by atoms with Crippen molar-refractivity contribution in [1.82, 2.24) is 5.32 Å². The molecule has 0 aliphatic carbocycles. The SMILES string of the molecule is COc1ccccc1C(C)NC(C)CC(O)c1ccco1. The molecule has 21 heavy (non-hydrogen) atoms. The zero-order valence-electron chi connectivity index (χ0n) is 12.7. The molecule has 0 spiro atoms. The first-order valence-electron chi connectivity index (χ1n) is 7.22. The van der Waals surface area contributed by atoms with Gasteiger partial charge < -0.3 is 19.6 Å². The molecule has 2 rings (SSSR count). The molecule has 0 saturated carbocycles. The molecule has 4 nitrogen and oxygen atoms in total. The molecule has 3 unspecified atom stereocenters. The number of ether oxygens (including phenoxy) is 1. The summed E-state index contributed by atoms with van der Waals surface area (Å²) in [7, 11) is 1.68. The van der Waals surface area contributed by atoms with Crippen LogP contribution >= 0.6 is 0 Å². The molecule has 1 aromatic carbocycles. The molecule has 0 aliphatic rings. The largest absolute Gasteiger partial charge is 0.496 e. The average Bonchev–Trinajstić information content (AvgIpc) is 3.01. The molecule has 0 fully saturated rings. The van der Waals surface area contributed by atoms with Crippen LogP contribution in [0.2, 0.25) is 0 Å². The van der Waals surface area contributed by atoms with Gasteiger partial charge in [-0.25, -0.2) is 0 Å². The quantitative estimate of drug-likeness (QED) is 0.819. The van der Waals surface area contributed by atoms with Crippen molar-refractivity contribution < 1.29 is 14.3 Å². The van der Waals surface area contributed by atoms with Crippen LogP contribution in [0.15, 0.2) is 47.1 Å². The summed E-state index contributed by atoms with van der Waals surface area (Å²) in [6.45, 7) is 4.14. The Hall–Kier alpha value is -1.78. The van der Waals surface area contributed by atoms with Crippen molar-refractivity contribution in [2.45, 2.75) is 38.5 Å². The van der Waals surface area contributed by atoms with Crippen LogP contribution in [0, 0.1) is 0 Å². The third-order valence-electron chi connectivity index (χ3n) is 3.59. The second-order valence-electron chi connectivity index (χ2n) is 5.30. The summed E-state index contributed by atoms with van der Waals surface area (Å²) in [5, 5.41) is 13.6. The van der Waals surface area contributed by atoms with Gasteiger partial charge in [0.25, 0.3) is 0 Å². The van der Waals surface area contributed by atoms with Gasteiger partial charge >= 0.3 is 0 Å². The number of hydrogen-bond acceptors (Lipinski definition) is 4. The molecule has 0 bridgehead atoms. The van der Waals surface area contributed by atoms with Crippen LogP contribution in [0.5, 0.6) is 5.75 Å². The van der Waals surface area contributed by atoms with E-state index < -0.39 is 6.10 Å². The Morgan fingerprint density at radius 3 is 2.62 bits per heavy atom. The zero-order valence-corrected chi connectivity index (χ0v) is 12.7. The molecule has 0 aliphatic heterocycles. The molecule has 0 amide bonds. The Balaban J connectivity index is 1.94. The fourth-order valence-corrected chi connectivity index (χ4v) is 2.54. The van der Waals surface area contributed by atoms with E-state index >= 15 is 0 Å². The maximum absolute atomic E-state index is 10.1. The molecule has 2 N–H and O–H groups in total. The van der Waals surface area contributed by atoms with Gasteiger partial charge in [0.1, 0.15) is 17.6 Å². The maximum atomic E-state index is 10.1. The van der Waals surface area contributed by atoms with Crippen LogP contribution in [0.25, 0.3) is 0 Å². The summed E-state index contributed by atoms with van der Waals surface area (Å²) < 4.78 is 10.6. The van der Waals surface area contributed by atoms with Crippen LogP contribution in [-0.2, 0) is 0 Å². The smallest absolute Gasteiger partial charge is 0.132 e. The lowest BCUT2D eigenvalue weighted by atomic mass is 10.0. The fourth-order valence-electron chi connectivity index (χ4n) is 2.54. The van der Waals surface area contributed by atoms with E-state index in [4.69, 9.17) is 9.15 Å². The third kappa shape index (κ3) is 4.09. The van der Waals surface area contributed by atoms with Gasteiger partial charge in [0.05, 0.1) is 13.4 Å². The van der Waals surface area contributed by atoms with Crippen molar-refractivity contribution in [3.8, 4) is 5.75 Å². The van der Waals surface area contributed by atoms with Gasteiger partial charge in [0, 0.05) is 17.6 Å². The highest BCUT2D eigenvalue weighted by Gasteiger charge is 2.18. The number of aliphatic hydroxyl groups is 1. The van der Waals surface area contributed by atoms with Crippen LogP contribution in [0.1, 0.15) is 43.7 Å². The van der Waals surface area contributed by atoms with Gasteiger partial charge in [0.2, 0.25) is 0 Å². The van der Waals surface area contributed by atoms with Crippen LogP contribution in [-0.4, -0.2) is 18.3 Å². The summed E-state index contributed by atoms with van der Waals surface area (Å²) in [6.07, 6.45) is 1.58. The van der Waals surface area contributed by atoms with E-state index in [9.17, 15) is 5.11 Å². The van der Waals surface area contributed by atoms with E-state index in [1.165, 1.54) is 0 Å². The van der Waals surface area contributed by atoms with Crippen molar-refractivity contribution in [2.24, 2.45) is 0 Å². The lowest BCUT2D eigenvalue weighted by Gasteiger charge is -2.23. The van der Waals surface area contributed by atoms with Gasteiger partial charge in [-0.2, -0.15) is 0 Å². The molecule has 114 valence electrons. The van der Waals surface area contributed by atoms with E-state index in [0.29, 0.717) is 12.2 Å². The number of hydrogen-bond donors (Lipinski definition) is 2.